The lowest BCUT2D eigenvalue weighted by molar-refractivity contribution is -0.128. The van der Waals surface area contributed by atoms with Crippen LogP contribution >= 0.6 is 11.6 Å². The molecule has 0 unspecified atom stereocenters. The van der Waals surface area contributed by atoms with Gasteiger partial charge < -0.3 is 14.8 Å². The molecule has 25 heavy (non-hydrogen) atoms. The van der Waals surface area contributed by atoms with E-state index in [4.69, 9.17) is 21.1 Å². The van der Waals surface area contributed by atoms with Crippen LogP contribution in [0.3, 0.4) is 0 Å². The van der Waals surface area contributed by atoms with Crippen LogP contribution in [0.1, 0.15) is 24.5 Å². The van der Waals surface area contributed by atoms with Gasteiger partial charge in [-0.25, -0.2) is 0 Å². The van der Waals surface area contributed by atoms with E-state index in [0.29, 0.717) is 30.3 Å². The molecule has 0 aromatic heterocycles. The molecule has 1 N–H and O–H groups in total. The lowest BCUT2D eigenvalue weighted by Crippen LogP contribution is -2.39. The van der Waals surface area contributed by atoms with E-state index in [1.165, 1.54) is 0 Å². The zero-order valence-corrected chi connectivity index (χ0v) is 15.6. The van der Waals surface area contributed by atoms with Crippen molar-refractivity contribution in [2.24, 2.45) is 0 Å². The van der Waals surface area contributed by atoms with Crippen molar-refractivity contribution in [3.8, 4) is 11.5 Å². The summed E-state index contributed by atoms with van der Waals surface area (Å²) in [5.41, 5.74) is 2.11. The molecule has 0 saturated carbocycles. The van der Waals surface area contributed by atoms with Gasteiger partial charge in [0.1, 0.15) is 18.1 Å². The SMILES string of the molecule is CC[C@H](Oc1cc(C)ccc1C)C(=O)NCCOc1ccccc1Cl. The number of benzene rings is 2. The van der Waals surface area contributed by atoms with Crippen molar-refractivity contribution in [1.29, 1.82) is 0 Å². The standard InChI is InChI=1S/C20H24ClNO3/c1-4-17(25-19-13-14(2)9-10-15(19)3)20(23)22-11-12-24-18-8-6-5-7-16(18)21/h5-10,13,17H,4,11-12H2,1-3H3,(H,22,23)/t17-/m0/s1. The van der Waals surface area contributed by atoms with Gasteiger partial charge in [0.2, 0.25) is 0 Å². The Morgan fingerprint density at radius 3 is 2.64 bits per heavy atom. The fourth-order valence-corrected chi connectivity index (χ4v) is 2.51. The van der Waals surface area contributed by atoms with Gasteiger partial charge in [0.05, 0.1) is 11.6 Å². The Balaban J connectivity index is 1.83. The van der Waals surface area contributed by atoms with Gasteiger partial charge in [-0.05, 0) is 49.6 Å². The van der Waals surface area contributed by atoms with Gasteiger partial charge in [-0.3, -0.25) is 4.79 Å². The summed E-state index contributed by atoms with van der Waals surface area (Å²) in [6, 6.07) is 13.2. The van der Waals surface area contributed by atoms with Gasteiger partial charge >= 0.3 is 0 Å². The summed E-state index contributed by atoms with van der Waals surface area (Å²) >= 11 is 6.02. The minimum absolute atomic E-state index is 0.147. The third kappa shape index (κ3) is 5.68. The molecule has 0 aliphatic rings. The van der Waals surface area contributed by atoms with E-state index >= 15 is 0 Å². The highest BCUT2D eigenvalue weighted by atomic mass is 35.5. The molecule has 134 valence electrons. The maximum absolute atomic E-state index is 12.3. The van der Waals surface area contributed by atoms with Crippen LogP contribution in [0.4, 0.5) is 0 Å². The van der Waals surface area contributed by atoms with Gasteiger partial charge in [0.25, 0.3) is 5.91 Å². The number of halogens is 1. The zero-order valence-electron chi connectivity index (χ0n) is 14.8. The van der Waals surface area contributed by atoms with Crippen LogP contribution in [-0.2, 0) is 4.79 Å². The maximum atomic E-state index is 12.3. The van der Waals surface area contributed by atoms with Crippen molar-refractivity contribution < 1.29 is 14.3 Å². The van der Waals surface area contributed by atoms with Crippen molar-refractivity contribution in [2.45, 2.75) is 33.3 Å². The van der Waals surface area contributed by atoms with E-state index in [1.54, 1.807) is 12.1 Å². The Bertz CT molecular complexity index is 718. The number of rotatable bonds is 8. The van der Waals surface area contributed by atoms with E-state index in [-0.39, 0.29) is 5.91 Å². The van der Waals surface area contributed by atoms with Crippen LogP contribution < -0.4 is 14.8 Å². The van der Waals surface area contributed by atoms with Gasteiger partial charge in [0.15, 0.2) is 6.10 Å². The molecule has 0 aliphatic heterocycles. The number of amides is 1. The highest BCUT2D eigenvalue weighted by Crippen LogP contribution is 2.23. The first-order valence-electron chi connectivity index (χ1n) is 8.40. The summed E-state index contributed by atoms with van der Waals surface area (Å²) in [6.07, 6.45) is 0.0609. The molecule has 0 saturated heterocycles. The van der Waals surface area contributed by atoms with E-state index < -0.39 is 6.10 Å². The molecule has 1 amide bonds. The summed E-state index contributed by atoms with van der Waals surface area (Å²) in [5, 5.41) is 3.40. The third-order valence-electron chi connectivity index (χ3n) is 3.77. The average Bonchev–Trinajstić information content (AvgIpc) is 2.60. The smallest absolute Gasteiger partial charge is 0.261 e. The van der Waals surface area contributed by atoms with E-state index in [0.717, 1.165) is 16.9 Å². The van der Waals surface area contributed by atoms with Gasteiger partial charge in [-0.2, -0.15) is 0 Å². The summed E-state index contributed by atoms with van der Waals surface area (Å²) in [7, 11) is 0. The van der Waals surface area contributed by atoms with Crippen molar-refractivity contribution in [2.75, 3.05) is 13.2 Å². The quantitative estimate of drug-likeness (QED) is 0.713. The lowest BCUT2D eigenvalue weighted by atomic mass is 10.1. The second-order valence-electron chi connectivity index (χ2n) is 5.85. The summed E-state index contributed by atoms with van der Waals surface area (Å²) < 4.78 is 11.5. The third-order valence-corrected chi connectivity index (χ3v) is 4.08. The average molecular weight is 362 g/mol. The first kappa shape index (κ1) is 19.1. The van der Waals surface area contributed by atoms with Crippen LogP contribution in [0.2, 0.25) is 5.02 Å². The van der Waals surface area contributed by atoms with Crippen molar-refractivity contribution in [3.05, 3.63) is 58.6 Å². The summed E-state index contributed by atoms with van der Waals surface area (Å²) in [6.45, 7) is 6.62. The van der Waals surface area contributed by atoms with Crippen LogP contribution in [0.25, 0.3) is 0 Å². The predicted molar refractivity (Wildman–Crippen MR) is 101 cm³/mol. The number of carbonyl (C=O) groups excluding carboxylic acids is 1. The molecule has 2 rings (SSSR count). The van der Waals surface area contributed by atoms with Crippen molar-refractivity contribution in [3.63, 3.8) is 0 Å². The number of hydrogen-bond acceptors (Lipinski definition) is 3. The van der Waals surface area contributed by atoms with Gasteiger partial charge in [-0.1, -0.05) is 42.8 Å². The molecule has 0 fully saturated rings. The molecule has 5 heteroatoms. The minimum Gasteiger partial charge on any atom is -0.490 e. The fraction of sp³-hybridized carbons (Fsp3) is 0.350. The van der Waals surface area contributed by atoms with Crippen molar-refractivity contribution >= 4 is 17.5 Å². The second-order valence-corrected chi connectivity index (χ2v) is 6.26. The summed E-state index contributed by atoms with van der Waals surface area (Å²) in [4.78, 5) is 12.3. The highest BCUT2D eigenvalue weighted by Gasteiger charge is 2.18. The van der Waals surface area contributed by atoms with Crippen LogP contribution in [0.5, 0.6) is 11.5 Å². The Morgan fingerprint density at radius 1 is 1.16 bits per heavy atom. The monoisotopic (exact) mass is 361 g/mol. The number of para-hydroxylation sites is 1. The van der Waals surface area contributed by atoms with Crippen LogP contribution in [-0.4, -0.2) is 25.2 Å². The van der Waals surface area contributed by atoms with Gasteiger partial charge in [0, 0.05) is 0 Å². The number of carbonyl (C=O) groups is 1. The molecule has 2 aromatic carbocycles. The molecular formula is C20H24ClNO3. The Labute approximate surface area is 154 Å². The zero-order chi connectivity index (χ0) is 18.2. The van der Waals surface area contributed by atoms with E-state index in [1.807, 2.05) is 51.1 Å². The highest BCUT2D eigenvalue weighted by molar-refractivity contribution is 6.32. The molecule has 0 radical (unpaired) electrons. The van der Waals surface area contributed by atoms with Gasteiger partial charge in [-0.15, -0.1) is 0 Å². The normalized spacial score (nSPS) is 11.7. The first-order chi connectivity index (χ1) is 12.0. The van der Waals surface area contributed by atoms with E-state index in [9.17, 15) is 4.79 Å². The maximum Gasteiger partial charge on any atom is 0.261 e. The molecule has 0 heterocycles. The second kappa shape index (κ2) is 9.33. The molecule has 0 aliphatic carbocycles. The molecule has 0 bridgehead atoms. The Hall–Kier alpha value is -2.20. The molecule has 1 atom stereocenters. The number of ether oxygens (including phenoxy) is 2. The first-order valence-corrected chi connectivity index (χ1v) is 8.78. The van der Waals surface area contributed by atoms with Crippen molar-refractivity contribution in [1.82, 2.24) is 5.32 Å². The number of hydrogen-bond donors (Lipinski definition) is 1. The Morgan fingerprint density at radius 2 is 1.92 bits per heavy atom. The van der Waals surface area contributed by atoms with Crippen LogP contribution in [0.15, 0.2) is 42.5 Å². The largest absolute Gasteiger partial charge is 0.490 e. The molecule has 4 nitrogen and oxygen atoms in total. The topological polar surface area (TPSA) is 47.6 Å². The fourth-order valence-electron chi connectivity index (χ4n) is 2.32. The molecule has 0 spiro atoms. The molecular weight excluding hydrogens is 338 g/mol. The van der Waals surface area contributed by atoms with Crippen LogP contribution in [0, 0.1) is 13.8 Å². The lowest BCUT2D eigenvalue weighted by Gasteiger charge is -2.19. The Kier molecular flexibility index (Phi) is 7.14. The van der Waals surface area contributed by atoms with E-state index in [2.05, 4.69) is 5.32 Å². The molecule has 2 aromatic rings. The number of aryl methyl sites for hydroxylation is 2. The minimum atomic E-state index is -0.527. The summed E-state index contributed by atoms with van der Waals surface area (Å²) in [5.74, 6) is 1.21. The predicted octanol–water partition coefficient (Wildman–Crippen LogP) is 4.31. The number of nitrogens with one attached hydrogen (secondary N) is 1.